The lowest BCUT2D eigenvalue weighted by Gasteiger charge is -2.06. The highest BCUT2D eigenvalue weighted by Gasteiger charge is 2.09. The van der Waals surface area contributed by atoms with Gasteiger partial charge in [0.1, 0.15) is 0 Å². The maximum atomic E-state index is 11.7. The summed E-state index contributed by atoms with van der Waals surface area (Å²) >= 11 is 0. The van der Waals surface area contributed by atoms with Gasteiger partial charge in [0.2, 0.25) is 0 Å². The third kappa shape index (κ3) is 1.54. The van der Waals surface area contributed by atoms with Crippen molar-refractivity contribution in [1.82, 2.24) is 4.98 Å². The lowest BCUT2D eigenvalue weighted by Crippen LogP contribution is -2.16. The molecule has 2 aromatic rings. The number of ketones is 1. The highest BCUT2D eigenvalue weighted by atomic mass is 16.1. The van der Waals surface area contributed by atoms with Crippen LogP contribution in [0.4, 0.5) is 0 Å². The molecule has 82 valence electrons. The van der Waals surface area contributed by atoms with E-state index >= 15 is 0 Å². The van der Waals surface area contributed by atoms with Crippen LogP contribution in [0.5, 0.6) is 0 Å². The number of carbonyl (C=O) groups excluding carboxylic acids is 1. The number of rotatable bonds is 1. The van der Waals surface area contributed by atoms with Crippen LogP contribution in [0.25, 0.3) is 10.9 Å². The number of H-pyrrole nitrogens is 1. The monoisotopic (exact) mass is 215 g/mol. The van der Waals surface area contributed by atoms with E-state index in [1.54, 1.807) is 6.07 Å². The zero-order valence-corrected chi connectivity index (χ0v) is 9.55. The number of Topliss-reactive ketones (excluding diaryl/α,β-unsaturated/α-hetero) is 1. The molecule has 16 heavy (non-hydrogen) atoms. The van der Waals surface area contributed by atoms with Crippen molar-refractivity contribution in [3.05, 3.63) is 45.2 Å². The Morgan fingerprint density at radius 1 is 1.19 bits per heavy atom. The highest BCUT2D eigenvalue weighted by Crippen LogP contribution is 2.19. The zero-order chi connectivity index (χ0) is 11.9. The summed E-state index contributed by atoms with van der Waals surface area (Å²) in [6, 6.07) is 5.62. The van der Waals surface area contributed by atoms with Crippen molar-refractivity contribution in [2.45, 2.75) is 20.8 Å². The number of fused-ring (bicyclic) bond motifs is 1. The average Bonchev–Trinajstić information content (AvgIpc) is 2.23. The Bertz CT molecular complexity index is 638. The normalized spacial score (nSPS) is 10.7. The molecule has 0 aliphatic carbocycles. The van der Waals surface area contributed by atoms with Gasteiger partial charge in [0, 0.05) is 5.39 Å². The first-order valence-corrected chi connectivity index (χ1v) is 5.15. The number of pyridine rings is 1. The maximum Gasteiger partial charge on any atom is 0.259 e. The number of aromatic nitrogens is 1. The van der Waals surface area contributed by atoms with E-state index in [9.17, 15) is 9.59 Å². The summed E-state index contributed by atoms with van der Waals surface area (Å²) in [6.07, 6.45) is 0. The number of benzene rings is 1. The van der Waals surface area contributed by atoms with Crippen LogP contribution in [0.3, 0.4) is 0 Å². The standard InChI is InChI=1S/C13H13NO2/c1-7-4-5-8(2)12-10(7)6-11(9(3)15)13(16)14-12/h4-6H,1-3H3,(H,14,16). The summed E-state index contributed by atoms with van der Waals surface area (Å²) in [7, 11) is 0. The third-order valence-corrected chi connectivity index (χ3v) is 2.82. The number of aryl methyl sites for hydroxylation is 2. The van der Waals surface area contributed by atoms with Crippen LogP contribution in [0.2, 0.25) is 0 Å². The Labute approximate surface area is 93.1 Å². The predicted molar refractivity (Wildman–Crippen MR) is 64.0 cm³/mol. The Morgan fingerprint density at radius 2 is 1.81 bits per heavy atom. The van der Waals surface area contributed by atoms with Gasteiger partial charge in [-0.15, -0.1) is 0 Å². The molecule has 0 bridgehead atoms. The molecule has 0 unspecified atom stereocenters. The van der Waals surface area contributed by atoms with Gasteiger partial charge in [-0.3, -0.25) is 9.59 Å². The smallest absolute Gasteiger partial charge is 0.259 e. The van der Waals surface area contributed by atoms with Crippen molar-refractivity contribution in [1.29, 1.82) is 0 Å². The van der Waals surface area contributed by atoms with Crippen LogP contribution in [-0.2, 0) is 0 Å². The van der Waals surface area contributed by atoms with Gasteiger partial charge in [0.15, 0.2) is 5.78 Å². The van der Waals surface area contributed by atoms with Gasteiger partial charge in [-0.2, -0.15) is 0 Å². The van der Waals surface area contributed by atoms with Crippen molar-refractivity contribution in [2.24, 2.45) is 0 Å². The Balaban J connectivity index is 2.95. The van der Waals surface area contributed by atoms with E-state index in [1.807, 2.05) is 26.0 Å². The number of aromatic amines is 1. The lowest BCUT2D eigenvalue weighted by molar-refractivity contribution is 0.101. The molecule has 0 aliphatic heterocycles. The summed E-state index contributed by atoms with van der Waals surface area (Å²) < 4.78 is 0. The van der Waals surface area contributed by atoms with Gasteiger partial charge in [-0.05, 0) is 38.0 Å². The molecule has 0 radical (unpaired) electrons. The molecule has 1 N–H and O–H groups in total. The summed E-state index contributed by atoms with van der Waals surface area (Å²) in [5, 5.41) is 0.935. The topological polar surface area (TPSA) is 49.9 Å². The van der Waals surface area contributed by atoms with E-state index in [0.29, 0.717) is 0 Å². The molecule has 0 fully saturated rings. The zero-order valence-electron chi connectivity index (χ0n) is 9.55. The molecule has 0 saturated heterocycles. The summed E-state index contributed by atoms with van der Waals surface area (Å²) in [6.45, 7) is 5.30. The molecule has 3 heteroatoms. The fraction of sp³-hybridized carbons (Fsp3) is 0.231. The second-order valence-corrected chi connectivity index (χ2v) is 4.06. The highest BCUT2D eigenvalue weighted by molar-refractivity contribution is 5.98. The van der Waals surface area contributed by atoms with Crippen LogP contribution < -0.4 is 5.56 Å². The van der Waals surface area contributed by atoms with E-state index in [1.165, 1.54) is 6.92 Å². The van der Waals surface area contributed by atoms with E-state index in [-0.39, 0.29) is 16.9 Å². The fourth-order valence-corrected chi connectivity index (χ4v) is 1.84. The molecular weight excluding hydrogens is 202 g/mol. The molecule has 1 aromatic carbocycles. The summed E-state index contributed by atoms with van der Waals surface area (Å²) in [5.41, 5.74) is 2.79. The third-order valence-electron chi connectivity index (χ3n) is 2.82. The van der Waals surface area contributed by atoms with Crippen molar-refractivity contribution in [3.63, 3.8) is 0 Å². The Hall–Kier alpha value is -1.90. The SMILES string of the molecule is CC(=O)c1cc2c(C)ccc(C)c2[nH]c1=O. The van der Waals surface area contributed by atoms with Crippen molar-refractivity contribution >= 4 is 16.7 Å². The molecular formula is C13H13NO2. The minimum Gasteiger partial charge on any atom is -0.321 e. The minimum atomic E-state index is -0.311. The van der Waals surface area contributed by atoms with Gasteiger partial charge in [0.25, 0.3) is 5.56 Å². The second-order valence-electron chi connectivity index (χ2n) is 4.06. The largest absolute Gasteiger partial charge is 0.321 e. The second kappa shape index (κ2) is 3.59. The fourth-order valence-electron chi connectivity index (χ4n) is 1.84. The van der Waals surface area contributed by atoms with Gasteiger partial charge < -0.3 is 4.98 Å². The molecule has 0 spiro atoms. The molecule has 2 rings (SSSR count). The number of carbonyl (C=O) groups is 1. The molecule has 1 aromatic heterocycles. The van der Waals surface area contributed by atoms with E-state index in [0.717, 1.165) is 22.0 Å². The van der Waals surface area contributed by atoms with Crippen LogP contribution in [0.1, 0.15) is 28.4 Å². The van der Waals surface area contributed by atoms with E-state index in [4.69, 9.17) is 0 Å². The Morgan fingerprint density at radius 3 is 2.44 bits per heavy atom. The molecule has 0 atom stereocenters. The van der Waals surface area contributed by atoms with E-state index in [2.05, 4.69) is 4.98 Å². The van der Waals surface area contributed by atoms with E-state index < -0.39 is 0 Å². The van der Waals surface area contributed by atoms with Gasteiger partial charge in [-0.1, -0.05) is 12.1 Å². The summed E-state index contributed by atoms with van der Waals surface area (Å²) in [5.74, 6) is -0.205. The average molecular weight is 215 g/mol. The van der Waals surface area contributed by atoms with Crippen molar-refractivity contribution in [2.75, 3.05) is 0 Å². The number of hydrogen-bond acceptors (Lipinski definition) is 2. The predicted octanol–water partition coefficient (Wildman–Crippen LogP) is 2.35. The van der Waals surface area contributed by atoms with Crippen LogP contribution in [-0.4, -0.2) is 10.8 Å². The molecule has 0 aliphatic rings. The first-order valence-electron chi connectivity index (χ1n) is 5.15. The maximum absolute atomic E-state index is 11.7. The number of nitrogens with one attached hydrogen (secondary N) is 1. The van der Waals surface area contributed by atoms with Crippen molar-refractivity contribution in [3.8, 4) is 0 Å². The Kier molecular flexibility index (Phi) is 2.38. The van der Waals surface area contributed by atoms with Crippen LogP contribution in [0.15, 0.2) is 23.0 Å². The molecule has 1 heterocycles. The number of hydrogen-bond donors (Lipinski definition) is 1. The van der Waals surface area contributed by atoms with Crippen LogP contribution >= 0.6 is 0 Å². The minimum absolute atomic E-state index is 0.205. The van der Waals surface area contributed by atoms with Gasteiger partial charge in [0.05, 0.1) is 11.1 Å². The molecule has 3 nitrogen and oxygen atoms in total. The van der Waals surface area contributed by atoms with Crippen molar-refractivity contribution < 1.29 is 4.79 Å². The summed E-state index contributed by atoms with van der Waals surface area (Å²) in [4.78, 5) is 25.7. The molecule has 0 amide bonds. The quantitative estimate of drug-likeness (QED) is 0.742. The van der Waals surface area contributed by atoms with Gasteiger partial charge in [-0.25, -0.2) is 0 Å². The molecule has 0 saturated carbocycles. The van der Waals surface area contributed by atoms with Crippen LogP contribution in [0, 0.1) is 13.8 Å². The first-order chi connectivity index (χ1) is 7.50. The van der Waals surface area contributed by atoms with Gasteiger partial charge >= 0.3 is 0 Å². The lowest BCUT2D eigenvalue weighted by atomic mass is 10.0. The first kappa shape index (κ1) is 10.6.